The maximum atomic E-state index is 12.4. The average molecular weight is 382 g/mol. The molecule has 0 aliphatic carbocycles. The van der Waals surface area contributed by atoms with Gasteiger partial charge in [-0.1, -0.05) is 12.1 Å². The molecule has 1 amide bonds. The van der Waals surface area contributed by atoms with Gasteiger partial charge in [0, 0.05) is 36.0 Å². The third-order valence-electron chi connectivity index (χ3n) is 4.85. The van der Waals surface area contributed by atoms with Crippen molar-refractivity contribution in [3.8, 4) is 11.5 Å². The largest absolute Gasteiger partial charge is 0.493 e. The van der Waals surface area contributed by atoms with Crippen LogP contribution in [0, 0.1) is 20.8 Å². The highest BCUT2D eigenvalue weighted by molar-refractivity contribution is 5.76. The Balaban J connectivity index is 1.66. The first kappa shape index (κ1) is 19.7. The van der Waals surface area contributed by atoms with Gasteiger partial charge in [0.25, 0.3) is 0 Å². The van der Waals surface area contributed by atoms with E-state index < -0.39 is 0 Å². The van der Waals surface area contributed by atoms with Crippen LogP contribution < -0.4 is 14.8 Å². The summed E-state index contributed by atoms with van der Waals surface area (Å²) in [4.78, 5) is 17.0. The highest BCUT2D eigenvalue weighted by Gasteiger charge is 2.14. The molecule has 0 atom stereocenters. The number of hydrogen-bond acceptors (Lipinski definition) is 5. The highest BCUT2D eigenvalue weighted by atomic mass is 16.5. The first-order valence-electron chi connectivity index (χ1n) is 9.23. The van der Waals surface area contributed by atoms with E-state index in [-0.39, 0.29) is 5.91 Å². The number of carbonyl (C=O) groups is 1. The van der Waals surface area contributed by atoms with Crippen LogP contribution in [-0.4, -0.2) is 34.7 Å². The maximum absolute atomic E-state index is 12.4. The van der Waals surface area contributed by atoms with Gasteiger partial charge in [-0.15, -0.1) is 0 Å². The molecule has 7 heteroatoms. The molecule has 1 aromatic carbocycles. The van der Waals surface area contributed by atoms with Crippen LogP contribution in [0.25, 0.3) is 5.65 Å². The molecule has 0 unspecified atom stereocenters. The predicted octanol–water partition coefficient (Wildman–Crippen LogP) is 2.92. The highest BCUT2D eigenvalue weighted by Crippen LogP contribution is 2.30. The van der Waals surface area contributed by atoms with Gasteiger partial charge in [-0.3, -0.25) is 4.79 Å². The molecule has 0 saturated carbocycles. The molecule has 0 aliphatic heterocycles. The van der Waals surface area contributed by atoms with E-state index in [0.29, 0.717) is 30.9 Å². The lowest BCUT2D eigenvalue weighted by atomic mass is 10.1. The first-order valence-corrected chi connectivity index (χ1v) is 9.23. The number of aromatic nitrogens is 3. The molecule has 28 heavy (non-hydrogen) atoms. The van der Waals surface area contributed by atoms with Gasteiger partial charge in [-0.2, -0.15) is 5.10 Å². The topological polar surface area (TPSA) is 77.8 Å². The van der Waals surface area contributed by atoms with Crippen molar-refractivity contribution in [2.45, 2.75) is 40.2 Å². The number of benzene rings is 1. The number of amides is 1. The summed E-state index contributed by atoms with van der Waals surface area (Å²) < 4.78 is 12.6. The van der Waals surface area contributed by atoms with Crippen LogP contribution in [-0.2, 0) is 17.8 Å². The lowest BCUT2D eigenvalue weighted by Gasteiger charge is -2.14. The van der Waals surface area contributed by atoms with Gasteiger partial charge in [0.2, 0.25) is 5.91 Å². The van der Waals surface area contributed by atoms with Crippen LogP contribution in [0.4, 0.5) is 0 Å². The Morgan fingerprint density at radius 1 is 1.18 bits per heavy atom. The van der Waals surface area contributed by atoms with Gasteiger partial charge >= 0.3 is 0 Å². The van der Waals surface area contributed by atoms with Crippen molar-refractivity contribution in [3.05, 3.63) is 52.5 Å². The summed E-state index contributed by atoms with van der Waals surface area (Å²) in [5.41, 5.74) is 5.66. The summed E-state index contributed by atoms with van der Waals surface area (Å²) in [5, 5.41) is 7.44. The van der Waals surface area contributed by atoms with Gasteiger partial charge in [-0.25, -0.2) is 9.50 Å². The fraction of sp³-hybridized carbons (Fsp3) is 0.381. The number of ether oxygens (including phenoxy) is 2. The number of nitrogens with one attached hydrogen (secondary N) is 1. The lowest BCUT2D eigenvalue weighted by Crippen LogP contribution is -2.23. The van der Waals surface area contributed by atoms with E-state index in [0.717, 1.165) is 33.9 Å². The Hall–Kier alpha value is -3.09. The molecule has 3 rings (SSSR count). The number of methoxy groups -OCH3 is 2. The third kappa shape index (κ3) is 3.93. The molecule has 1 N–H and O–H groups in total. The molecule has 0 fully saturated rings. The van der Waals surface area contributed by atoms with E-state index in [1.165, 1.54) is 0 Å². The maximum Gasteiger partial charge on any atom is 0.220 e. The van der Waals surface area contributed by atoms with E-state index in [9.17, 15) is 4.79 Å². The summed E-state index contributed by atoms with van der Waals surface area (Å²) in [7, 11) is 3.19. The number of hydrogen-bond donors (Lipinski definition) is 1. The Kier molecular flexibility index (Phi) is 5.82. The molecular weight excluding hydrogens is 356 g/mol. The normalized spacial score (nSPS) is 10.9. The number of nitrogens with zero attached hydrogens (tertiary/aromatic N) is 3. The molecule has 0 radical (unpaired) electrons. The van der Waals surface area contributed by atoms with Crippen molar-refractivity contribution in [2.75, 3.05) is 14.2 Å². The molecule has 0 spiro atoms. The number of rotatable bonds is 7. The van der Waals surface area contributed by atoms with Gasteiger partial charge in [0.05, 0.1) is 19.9 Å². The molecule has 0 aliphatic rings. The zero-order valence-electron chi connectivity index (χ0n) is 17.0. The smallest absolute Gasteiger partial charge is 0.220 e. The van der Waals surface area contributed by atoms with Crippen LogP contribution >= 0.6 is 0 Å². The Bertz CT molecular complexity index is 1010. The minimum Gasteiger partial charge on any atom is -0.493 e. The Morgan fingerprint density at radius 3 is 2.68 bits per heavy atom. The van der Waals surface area contributed by atoms with E-state index in [1.54, 1.807) is 14.2 Å². The van der Waals surface area contributed by atoms with E-state index in [4.69, 9.17) is 9.47 Å². The standard InChI is InChI=1S/C21H26N4O3/c1-13-11-19-23-14(2)17(15(3)25(19)24-13)9-10-20(26)22-12-16-7-6-8-18(27-4)21(16)28-5/h6-8,11H,9-10,12H2,1-5H3,(H,22,26). The molecule has 0 bridgehead atoms. The second kappa shape index (κ2) is 8.29. The van der Waals surface area contributed by atoms with Crippen LogP contribution in [0.3, 0.4) is 0 Å². The Morgan fingerprint density at radius 2 is 1.96 bits per heavy atom. The second-order valence-electron chi connectivity index (χ2n) is 6.75. The summed E-state index contributed by atoms with van der Waals surface area (Å²) in [6.07, 6.45) is 0.988. The van der Waals surface area contributed by atoms with Gasteiger partial charge in [0.1, 0.15) is 0 Å². The molecular formula is C21H26N4O3. The van der Waals surface area contributed by atoms with Crippen molar-refractivity contribution in [1.82, 2.24) is 19.9 Å². The van der Waals surface area contributed by atoms with Crippen molar-refractivity contribution in [2.24, 2.45) is 0 Å². The minimum absolute atomic E-state index is 0.0274. The van der Waals surface area contributed by atoms with Gasteiger partial charge in [-0.05, 0) is 38.8 Å². The molecule has 7 nitrogen and oxygen atoms in total. The van der Waals surface area contributed by atoms with Crippen LogP contribution in [0.15, 0.2) is 24.3 Å². The fourth-order valence-electron chi connectivity index (χ4n) is 3.42. The molecule has 2 aromatic heterocycles. The van der Waals surface area contributed by atoms with E-state index >= 15 is 0 Å². The summed E-state index contributed by atoms with van der Waals surface area (Å²) >= 11 is 0. The van der Waals surface area contributed by atoms with Crippen LogP contribution in [0.1, 0.15) is 34.6 Å². The molecule has 2 heterocycles. The fourth-order valence-corrected chi connectivity index (χ4v) is 3.42. The van der Waals surface area contributed by atoms with Crippen molar-refractivity contribution in [1.29, 1.82) is 0 Å². The number of carbonyl (C=O) groups excluding carboxylic acids is 1. The first-order chi connectivity index (χ1) is 13.4. The van der Waals surface area contributed by atoms with Crippen LogP contribution in [0.2, 0.25) is 0 Å². The summed E-state index contributed by atoms with van der Waals surface area (Å²) in [6, 6.07) is 7.57. The quantitative estimate of drug-likeness (QED) is 0.680. The minimum atomic E-state index is -0.0274. The second-order valence-corrected chi connectivity index (χ2v) is 6.75. The lowest BCUT2D eigenvalue weighted by molar-refractivity contribution is -0.121. The number of para-hydroxylation sites is 1. The van der Waals surface area contributed by atoms with E-state index in [2.05, 4.69) is 15.4 Å². The predicted molar refractivity (Wildman–Crippen MR) is 107 cm³/mol. The van der Waals surface area contributed by atoms with Crippen molar-refractivity contribution in [3.63, 3.8) is 0 Å². The average Bonchev–Trinajstić information content (AvgIpc) is 3.05. The van der Waals surface area contributed by atoms with Gasteiger partial charge < -0.3 is 14.8 Å². The van der Waals surface area contributed by atoms with Crippen molar-refractivity contribution >= 4 is 11.6 Å². The van der Waals surface area contributed by atoms with Crippen molar-refractivity contribution < 1.29 is 14.3 Å². The molecule has 148 valence electrons. The van der Waals surface area contributed by atoms with Gasteiger partial charge in [0.15, 0.2) is 17.1 Å². The SMILES string of the molecule is COc1cccc(CNC(=O)CCc2c(C)nc3cc(C)nn3c2C)c1OC. The number of fused-ring (bicyclic) bond motifs is 1. The zero-order valence-corrected chi connectivity index (χ0v) is 17.0. The number of aryl methyl sites for hydroxylation is 3. The Labute approximate surface area is 164 Å². The van der Waals surface area contributed by atoms with Crippen LogP contribution in [0.5, 0.6) is 11.5 Å². The monoisotopic (exact) mass is 382 g/mol. The van der Waals surface area contributed by atoms with E-state index in [1.807, 2.05) is 49.6 Å². The third-order valence-corrected chi connectivity index (χ3v) is 4.85. The summed E-state index contributed by atoms with van der Waals surface area (Å²) in [5.74, 6) is 1.26. The molecule has 3 aromatic rings. The summed E-state index contributed by atoms with van der Waals surface area (Å²) in [6.45, 7) is 6.32. The zero-order chi connectivity index (χ0) is 20.3. The molecule has 0 saturated heterocycles.